The third kappa shape index (κ3) is 7.18. The lowest BCUT2D eigenvalue weighted by molar-refractivity contribution is 0.146. The van der Waals surface area contributed by atoms with Crippen LogP contribution in [0.1, 0.15) is 39.5 Å². The smallest absolute Gasteiger partial charge is 0.205 e. The Morgan fingerprint density at radius 2 is 2.29 bits per heavy atom. The van der Waals surface area contributed by atoms with E-state index in [4.69, 9.17) is 10.6 Å². The van der Waals surface area contributed by atoms with Gasteiger partial charge in [0.05, 0.1) is 0 Å². The summed E-state index contributed by atoms with van der Waals surface area (Å²) in [5.74, 6) is 7.03. The zero-order valence-corrected chi connectivity index (χ0v) is 11.0. The number of nitrogens with zero attached hydrogens (tertiary/aromatic N) is 1. The van der Waals surface area contributed by atoms with Crippen LogP contribution in [0.15, 0.2) is 4.99 Å². The molecular formula is C12H26N4O. The lowest BCUT2D eigenvalue weighted by Crippen LogP contribution is -2.45. The summed E-state index contributed by atoms with van der Waals surface area (Å²) in [6.45, 7) is 6.43. The number of aliphatic imine (C=N–C) groups is 1. The van der Waals surface area contributed by atoms with E-state index in [-0.39, 0.29) is 0 Å². The molecule has 0 aliphatic heterocycles. The lowest BCUT2D eigenvalue weighted by atomic mass is 10.2. The van der Waals surface area contributed by atoms with Gasteiger partial charge in [-0.3, -0.25) is 10.4 Å². The number of nitrogens with one attached hydrogen (secondary N) is 2. The van der Waals surface area contributed by atoms with Gasteiger partial charge in [-0.2, -0.15) is 0 Å². The number of ether oxygens (including phenoxy) is 1. The molecule has 4 N–H and O–H groups in total. The Bertz CT molecular complexity index is 229. The highest BCUT2D eigenvalue weighted by atomic mass is 16.5. The minimum Gasteiger partial charge on any atom is -0.382 e. The van der Waals surface area contributed by atoms with Crippen LogP contribution < -0.4 is 16.6 Å². The first-order chi connectivity index (χ1) is 8.26. The van der Waals surface area contributed by atoms with Gasteiger partial charge in [-0.15, -0.1) is 0 Å². The SMILES string of the molecule is CCOCCCN=C(NN)NC(C)CC1CC1. The van der Waals surface area contributed by atoms with Crippen molar-refractivity contribution in [3.8, 4) is 0 Å². The van der Waals surface area contributed by atoms with Crippen LogP contribution in [0.5, 0.6) is 0 Å². The van der Waals surface area contributed by atoms with Gasteiger partial charge < -0.3 is 10.1 Å². The third-order valence-corrected chi connectivity index (χ3v) is 2.82. The van der Waals surface area contributed by atoms with E-state index in [0.29, 0.717) is 12.0 Å². The summed E-state index contributed by atoms with van der Waals surface area (Å²) in [4.78, 5) is 4.37. The van der Waals surface area contributed by atoms with Crippen molar-refractivity contribution in [1.82, 2.24) is 10.7 Å². The Labute approximate surface area is 104 Å². The predicted octanol–water partition coefficient (Wildman–Crippen LogP) is 1.01. The molecule has 1 unspecified atom stereocenters. The first-order valence-electron chi connectivity index (χ1n) is 6.61. The van der Waals surface area contributed by atoms with E-state index in [1.165, 1.54) is 19.3 Å². The Kier molecular flexibility index (Phi) is 6.96. The normalized spacial score (nSPS) is 17.9. The number of nitrogens with two attached hydrogens (primary N) is 1. The summed E-state index contributed by atoms with van der Waals surface area (Å²) < 4.78 is 5.25. The number of hydrogen-bond acceptors (Lipinski definition) is 3. The monoisotopic (exact) mass is 242 g/mol. The molecule has 1 saturated carbocycles. The molecule has 0 aromatic carbocycles. The van der Waals surface area contributed by atoms with E-state index in [0.717, 1.165) is 32.1 Å². The maximum Gasteiger partial charge on any atom is 0.205 e. The summed E-state index contributed by atoms with van der Waals surface area (Å²) >= 11 is 0. The molecule has 1 atom stereocenters. The van der Waals surface area contributed by atoms with Crippen molar-refractivity contribution < 1.29 is 4.74 Å². The average Bonchev–Trinajstić information content (AvgIpc) is 3.11. The molecule has 0 amide bonds. The molecule has 5 nitrogen and oxygen atoms in total. The highest BCUT2D eigenvalue weighted by Gasteiger charge is 2.23. The van der Waals surface area contributed by atoms with Gasteiger partial charge >= 0.3 is 0 Å². The number of hydrazine groups is 1. The fourth-order valence-corrected chi connectivity index (χ4v) is 1.78. The highest BCUT2D eigenvalue weighted by Crippen LogP contribution is 2.33. The van der Waals surface area contributed by atoms with Crippen LogP contribution in [0, 0.1) is 5.92 Å². The Morgan fingerprint density at radius 3 is 2.88 bits per heavy atom. The first-order valence-corrected chi connectivity index (χ1v) is 6.61. The van der Waals surface area contributed by atoms with E-state index in [1.54, 1.807) is 0 Å². The number of guanidine groups is 1. The molecule has 0 spiro atoms. The van der Waals surface area contributed by atoms with E-state index in [2.05, 4.69) is 22.7 Å². The van der Waals surface area contributed by atoms with Crippen LogP contribution in [-0.4, -0.2) is 31.8 Å². The van der Waals surface area contributed by atoms with Crippen molar-refractivity contribution in [2.45, 2.75) is 45.6 Å². The fraction of sp³-hybridized carbons (Fsp3) is 0.917. The second-order valence-corrected chi connectivity index (χ2v) is 4.65. The van der Waals surface area contributed by atoms with Gasteiger partial charge in [0.25, 0.3) is 0 Å². The van der Waals surface area contributed by atoms with Gasteiger partial charge in [0.2, 0.25) is 5.96 Å². The lowest BCUT2D eigenvalue weighted by Gasteiger charge is -2.16. The van der Waals surface area contributed by atoms with Crippen LogP contribution in [0.4, 0.5) is 0 Å². The predicted molar refractivity (Wildman–Crippen MR) is 70.7 cm³/mol. The van der Waals surface area contributed by atoms with Crippen molar-refractivity contribution in [1.29, 1.82) is 0 Å². The van der Waals surface area contributed by atoms with Crippen molar-refractivity contribution in [2.24, 2.45) is 16.8 Å². The van der Waals surface area contributed by atoms with Crippen LogP contribution in [0.2, 0.25) is 0 Å². The summed E-state index contributed by atoms with van der Waals surface area (Å²) in [5.41, 5.74) is 2.62. The zero-order chi connectivity index (χ0) is 12.5. The molecule has 0 heterocycles. The van der Waals surface area contributed by atoms with Crippen molar-refractivity contribution >= 4 is 5.96 Å². The molecule has 1 aliphatic rings. The Hall–Kier alpha value is -0.810. The van der Waals surface area contributed by atoms with E-state index >= 15 is 0 Å². The van der Waals surface area contributed by atoms with Crippen LogP contribution in [0.25, 0.3) is 0 Å². The van der Waals surface area contributed by atoms with Gasteiger partial charge in [-0.1, -0.05) is 12.8 Å². The van der Waals surface area contributed by atoms with E-state index in [1.807, 2.05) is 6.92 Å². The molecule has 1 fully saturated rings. The zero-order valence-electron chi connectivity index (χ0n) is 11.0. The molecule has 0 aromatic rings. The molecule has 0 bridgehead atoms. The summed E-state index contributed by atoms with van der Waals surface area (Å²) in [6.07, 6.45) is 4.89. The largest absolute Gasteiger partial charge is 0.382 e. The van der Waals surface area contributed by atoms with Gasteiger partial charge in [-0.25, -0.2) is 5.84 Å². The minimum atomic E-state index is 0.434. The van der Waals surface area contributed by atoms with Crippen molar-refractivity contribution in [3.05, 3.63) is 0 Å². The average molecular weight is 242 g/mol. The summed E-state index contributed by atoms with van der Waals surface area (Å²) in [7, 11) is 0. The van der Waals surface area contributed by atoms with Crippen LogP contribution in [-0.2, 0) is 4.74 Å². The second-order valence-electron chi connectivity index (χ2n) is 4.65. The first kappa shape index (κ1) is 14.3. The minimum absolute atomic E-state index is 0.434. The molecule has 0 saturated heterocycles. The number of hydrogen-bond donors (Lipinski definition) is 3. The molecule has 17 heavy (non-hydrogen) atoms. The quantitative estimate of drug-likeness (QED) is 0.195. The van der Waals surface area contributed by atoms with E-state index in [9.17, 15) is 0 Å². The topological polar surface area (TPSA) is 71.7 Å². The Balaban J connectivity index is 2.13. The standard InChI is InChI=1S/C12H26N4O/c1-3-17-8-4-7-14-12(16-13)15-10(2)9-11-5-6-11/h10-11H,3-9,13H2,1-2H3,(H2,14,15,16). The molecule has 5 heteroatoms. The van der Waals surface area contributed by atoms with Crippen molar-refractivity contribution in [2.75, 3.05) is 19.8 Å². The molecule has 1 aliphatic carbocycles. The molecule has 0 radical (unpaired) electrons. The highest BCUT2D eigenvalue weighted by molar-refractivity contribution is 5.79. The summed E-state index contributed by atoms with van der Waals surface area (Å²) in [6, 6.07) is 0.434. The summed E-state index contributed by atoms with van der Waals surface area (Å²) in [5, 5.41) is 3.30. The third-order valence-electron chi connectivity index (χ3n) is 2.82. The number of rotatable bonds is 8. The van der Waals surface area contributed by atoms with Gasteiger partial charge in [0.1, 0.15) is 0 Å². The molecule has 0 aromatic heterocycles. The fourth-order valence-electron chi connectivity index (χ4n) is 1.78. The van der Waals surface area contributed by atoms with E-state index < -0.39 is 0 Å². The maximum absolute atomic E-state index is 5.43. The maximum atomic E-state index is 5.43. The molecular weight excluding hydrogens is 216 g/mol. The van der Waals surface area contributed by atoms with Crippen molar-refractivity contribution in [3.63, 3.8) is 0 Å². The van der Waals surface area contributed by atoms with Gasteiger partial charge in [0, 0.05) is 25.8 Å². The molecule has 1 rings (SSSR count). The van der Waals surface area contributed by atoms with Gasteiger partial charge in [0.15, 0.2) is 0 Å². The molecule has 100 valence electrons. The Morgan fingerprint density at radius 1 is 1.53 bits per heavy atom. The second kappa shape index (κ2) is 8.31. The van der Waals surface area contributed by atoms with Crippen LogP contribution >= 0.6 is 0 Å². The van der Waals surface area contributed by atoms with Gasteiger partial charge in [-0.05, 0) is 32.6 Å². The van der Waals surface area contributed by atoms with Crippen LogP contribution in [0.3, 0.4) is 0 Å².